The Morgan fingerprint density at radius 3 is 2.73 bits per heavy atom. The van der Waals surface area contributed by atoms with Gasteiger partial charge in [0.25, 0.3) is 0 Å². The van der Waals surface area contributed by atoms with E-state index < -0.39 is 0 Å². The Morgan fingerprint density at radius 2 is 1.96 bits per heavy atom. The highest BCUT2D eigenvalue weighted by molar-refractivity contribution is 5.96. The zero-order valence-electron chi connectivity index (χ0n) is 15.7. The molecule has 1 aliphatic carbocycles. The second-order valence-corrected chi connectivity index (χ2v) is 7.65. The lowest BCUT2D eigenvalue weighted by Crippen LogP contribution is -2.16. The van der Waals surface area contributed by atoms with Gasteiger partial charge >= 0.3 is 0 Å². The highest BCUT2D eigenvalue weighted by Crippen LogP contribution is 2.31. The number of carbonyl (C=O) groups is 1. The summed E-state index contributed by atoms with van der Waals surface area (Å²) in [6.45, 7) is 6.33. The van der Waals surface area contributed by atoms with Gasteiger partial charge in [0.2, 0.25) is 5.91 Å². The molecule has 3 aromatic rings. The summed E-state index contributed by atoms with van der Waals surface area (Å²) < 4.78 is 5.73. The van der Waals surface area contributed by atoms with Crippen molar-refractivity contribution in [2.24, 2.45) is 0 Å². The first-order valence-corrected chi connectivity index (χ1v) is 9.44. The van der Waals surface area contributed by atoms with Crippen LogP contribution in [-0.4, -0.2) is 5.91 Å². The first-order chi connectivity index (χ1) is 12.5. The molecule has 3 heteroatoms. The Labute approximate surface area is 154 Å². The Hall–Kier alpha value is -2.55. The number of hydrogen-bond donors (Lipinski definition) is 1. The van der Waals surface area contributed by atoms with Gasteiger partial charge in [-0.2, -0.15) is 0 Å². The fourth-order valence-corrected chi connectivity index (χ4v) is 3.98. The van der Waals surface area contributed by atoms with E-state index in [9.17, 15) is 4.79 Å². The summed E-state index contributed by atoms with van der Waals surface area (Å²) in [4.78, 5) is 12.7. The number of benzene rings is 2. The number of furan rings is 1. The van der Waals surface area contributed by atoms with Crippen molar-refractivity contribution >= 4 is 22.6 Å². The minimum absolute atomic E-state index is 0.00407. The quantitative estimate of drug-likeness (QED) is 0.674. The van der Waals surface area contributed by atoms with Gasteiger partial charge in [-0.3, -0.25) is 4.79 Å². The largest absolute Gasteiger partial charge is 0.464 e. The molecule has 0 atom stereocenters. The molecular formula is C23H25NO2. The van der Waals surface area contributed by atoms with Crippen LogP contribution in [0, 0.1) is 6.92 Å². The minimum Gasteiger partial charge on any atom is -0.464 e. The minimum atomic E-state index is 0.00407. The summed E-state index contributed by atoms with van der Waals surface area (Å²) in [7, 11) is 0. The van der Waals surface area contributed by atoms with E-state index in [2.05, 4.69) is 37.4 Å². The van der Waals surface area contributed by atoms with Crippen molar-refractivity contribution in [2.45, 2.75) is 52.4 Å². The van der Waals surface area contributed by atoms with Crippen LogP contribution in [0.1, 0.15) is 54.0 Å². The fraction of sp³-hybridized carbons (Fsp3) is 0.348. The topological polar surface area (TPSA) is 42.2 Å². The van der Waals surface area contributed by atoms with E-state index in [0.29, 0.717) is 12.3 Å². The Morgan fingerprint density at radius 1 is 1.19 bits per heavy atom. The van der Waals surface area contributed by atoms with Crippen LogP contribution in [0.25, 0.3) is 11.0 Å². The maximum atomic E-state index is 12.7. The van der Waals surface area contributed by atoms with Gasteiger partial charge < -0.3 is 9.73 Å². The monoisotopic (exact) mass is 347 g/mol. The molecule has 1 heterocycles. The number of carbonyl (C=O) groups excluding carboxylic acids is 1. The molecule has 1 amide bonds. The highest BCUT2D eigenvalue weighted by Gasteiger charge is 2.18. The Balaban J connectivity index is 1.59. The zero-order chi connectivity index (χ0) is 18.3. The molecule has 0 radical (unpaired) electrons. The van der Waals surface area contributed by atoms with Crippen LogP contribution < -0.4 is 5.32 Å². The second-order valence-electron chi connectivity index (χ2n) is 7.65. The lowest BCUT2D eigenvalue weighted by molar-refractivity contribution is -0.115. The molecule has 0 fully saturated rings. The average molecular weight is 347 g/mol. The maximum absolute atomic E-state index is 12.7. The second kappa shape index (κ2) is 6.64. The average Bonchev–Trinajstić information content (AvgIpc) is 3.21. The predicted octanol–water partition coefficient (Wildman–Crippen LogP) is 5.53. The molecule has 1 aromatic heterocycles. The van der Waals surface area contributed by atoms with Crippen LogP contribution in [0.15, 0.2) is 41.0 Å². The van der Waals surface area contributed by atoms with E-state index in [4.69, 9.17) is 4.42 Å². The van der Waals surface area contributed by atoms with Gasteiger partial charge in [-0.1, -0.05) is 32.0 Å². The third-order valence-corrected chi connectivity index (χ3v) is 5.41. The first kappa shape index (κ1) is 16.9. The third kappa shape index (κ3) is 3.03. The SMILES string of the molecule is Cc1cccc(C(C)C)c1NC(=O)Cc1coc2cc3c(cc12)CCC3. The maximum Gasteiger partial charge on any atom is 0.228 e. The molecule has 4 rings (SSSR count). The number of nitrogens with one attached hydrogen (secondary N) is 1. The van der Waals surface area contributed by atoms with E-state index in [1.54, 1.807) is 6.26 Å². The van der Waals surface area contributed by atoms with E-state index in [-0.39, 0.29) is 5.91 Å². The van der Waals surface area contributed by atoms with Gasteiger partial charge in [0, 0.05) is 16.6 Å². The molecule has 134 valence electrons. The molecule has 0 saturated carbocycles. The normalized spacial score (nSPS) is 13.4. The molecular weight excluding hydrogens is 322 g/mol. The van der Waals surface area contributed by atoms with Gasteiger partial charge in [0.1, 0.15) is 5.58 Å². The molecule has 26 heavy (non-hydrogen) atoms. The summed E-state index contributed by atoms with van der Waals surface area (Å²) in [6, 6.07) is 10.5. The molecule has 0 spiro atoms. The molecule has 0 saturated heterocycles. The van der Waals surface area contributed by atoms with Gasteiger partial charge in [-0.25, -0.2) is 0 Å². The number of rotatable bonds is 4. The number of aryl methyl sites for hydroxylation is 3. The van der Waals surface area contributed by atoms with E-state index in [1.165, 1.54) is 23.1 Å². The van der Waals surface area contributed by atoms with Crippen molar-refractivity contribution in [3.05, 3.63) is 64.4 Å². The Kier molecular flexibility index (Phi) is 4.31. The number of amides is 1. The van der Waals surface area contributed by atoms with Crippen LogP contribution in [0.4, 0.5) is 5.69 Å². The summed E-state index contributed by atoms with van der Waals surface area (Å²) in [5, 5.41) is 4.21. The summed E-state index contributed by atoms with van der Waals surface area (Å²) in [5.41, 5.74) is 7.87. The van der Waals surface area contributed by atoms with Gasteiger partial charge in [0.05, 0.1) is 12.7 Å². The van der Waals surface area contributed by atoms with Gasteiger partial charge in [0.15, 0.2) is 0 Å². The molecule has 3 nitrogen and oxygen atoms in total. The third-order valence-electron chi connectivity index (χ3n) is 5.41. The first-order valence-electron chi connectivity index (χ1n) is 9.44. The molecule has 0 unspecified atom stereocenters. The van der Waals surface area contributed by atoms with E-state index in [0.717, 1.165) is 40.6 Å². The van der Waals surface area contributed by atoms with Crippen LogP contribution in [-0.2, 0) is 24.1 Å². The lowest BCUT2D eigenvalue weighted by Gasteiger charge is -2.16. The molecule has 0 aliphatic heterocycles. The number of fused-ring (bicyclic) bond motifs is 2. The molecule has 1 N–H and O–H groups in total. The van der Waals surface area contributed by atoms with Crippen LogP contribution in [0.5, 0.6) is 0 Å². The summed E-state index contributed by atoms with van der Waals surface area (Å²) in [5.74, 6) is 0.368. The van der Waals surface area contributed by atoms with E-state index >= 15 is 0 Å². The fourth-order valence-electron chi connectivity index (χ4n) is 3.98. The number of hydrogen-bond acceptors (Lipinski definition) is 2. The number of anilines is 1. The van der Waals surface area contributed by atoms with Crippen molar-refractivity contribution in [3.63, 3.8) is 0 Å². The summed E-state index contributed by atoms with van der Waals surface area (Å²) in [6.07, 6.45) is 5.54. The van der Waals surface area contributed by atoms with Crippen LogP contribution in [0.3, 0.4) is 0 Å². The zero-order valence-corrected chi connectivity index (χ0v) is 15.7. The summed E-state index contributed by atoms with van der Waals surface area (Å²) >= 11 is 0. The van der Waals surface area contributed by atoms with Crippen molar-refractivity contribution < 1.29 is 9.21 Å². The predicted molar refractivity (Wildman–Crippen MR) is 106 cm³/mol. The molecule has 2 aromatic carbocycles. The highest BCUT2D eigenvalue weighted by atomic mass is 16.3. The smallest absolute Gasteiger partial charge is 0.228 e. The van der Waals surface area contributed by atoms with Gasteiger partial charge in [-0.05, 0) is 66.5 Å². The van der Waals surface area contributed by atoms with Crippen LogP contribution >= 0.6 is 0 Å². The number of para-hydroxylation sites is 1. The standard InChI is InChI=1S/C23H25NO2/c1-14(2)19-9-4-6-15(3)23(19)24-22(25)12-18-13-26-21-11-17-8-5-7-16(17)10-20(18)21/h4,6,9-11,13-14H,5,7-8,12H2,1-3H3,(H,24,25). The van der Waals surface area contributed by atoms with Crippen molar-refractivity contribution in [2.75, 3.05) is 5.32 Å². The van der Waals surface area contributed by atoms with Crippen molar-refractivity contribution in [3.8, 4) is 0 Å². The Bertz CT molecular complexity index is 981. The van der Waals surface area contributed by atoms with Crippen molar-refractivity contribution in [1.29, 1.82) is 0 Å². The van der Waals surface area contributed by atoms with Crippen LogP contribution in [0.2, 0.25) is 0 Å². The van der Waals surface area contributed by atoms with Gasteiger partial charge in [-0.15, -0.1) is 0 Å². The lowest BCUT2D eigenvalue weighted by atomic mass is 9.98. The van der Waals surface area contributed by atoms with E-state index in [1.807, 2.05) is 19.1 Å². The molecule has 1 aliphatic rings. The molecule has 0 bridgehead atoms. The van der Waals surface area contributed by atoms with Crippen molar-refractivity contribution in [1.82, 2.24) is 0 Å².